The van der Waals surface area contributed by atoms with Crippen LogP contribution in [0.5, 0.6) is 0 Å². The number of rotatable bonds is 5. The van der Waals surface area contributed by atoms with Gasteiger partial charge in [-0.2, -0.15) is 0 Å². The Bertz CT molecular complexity index is 571. The summed E-state index contributed by atoms with van der Waals surface area (Å²) >= 11 is 5.09. The Morgan fingerprint density at radius 1 is 1.26 bits per heavy atom. The van der Waals surface area contributed by atoms with Crippen molar-refractivity contribution >= 4 is 38.9 Å². The number of nitrogens with two attached hydrogens (primary N) is 1. The van der Waals surface area contributed by atoms with Gasteiger partial charge in [0.25, 0.3) is 5.91 Å². The lowest BCUT2D eigenvalue weighted by Crippen LogP contribution is -2.27. The molecule has 0 spiro atoms. The topological polar surface area (TPSA) is 67.1 Å². The van der Waals surface area contributed by atoms with E-state index >= 15 is 0 Å². The first-order valence-corrected chi connectivity index (χ1v) is 7.39. The van der Waals surface area contributed by atoms with Crippen molar-refractivity contribution in [2.75, 3.05) is 12.0 Å². The summed E-state index contributed by atoms with van der Waals surface area (Å²) in [4.78, 5) is 13.2. The molecular weight excluding hydrogens is 326 g/mol. The van der Waals surface area contributed by atoms with E-state index in [1.807, 2.05) is 18.2 Å². The minimum absolute atomic E-state index is 0.121. The van der Waals surface area contributed by atoms with Gasteiger partial charge in [0.05, 0.1) is 15.0 Å². The Morgan fingerprint density at radius 2 is 2.05 bits per heavy atom. The zero-order valence-corrected chi connectivity index (χ0v) is 12.6. The normalized spacial score (nSPS) is 10.2. The maximum atomic E-state index is 12.0. The summed E-state index contributed by atoms with van der Waals surface area (Å²) in [5.74, 6) is 5.26. The number of carbonyl (C=O) groups excluding carboxylic acids is 1. The van der Waals surface area contributed by atoms with Gasteiger partial charge in [-0.15, -0.1) is 11.3 Å². The second-order valence-electron chi connectivity index (χ2n) is 3.90. The van der Waals surface area contributed by atoms with E-state index in [1.54, 1.807) is 23.5 Å². The number of carbonyl (C=O) groups is 1. The van der Waals surface area contributed by atoms with Gasteiger partial charge in [0.2, 0.25) is 0 Å². The van der Waals surface area contributed by atoms with Crippen LogP contribution < -0.4 is 16.6 Å². The molecule has 6 heteroatoms. The number of hydrazine groups is 1. The third-order valence-electron chi connectivity index (χ3n) is 2.61. The molecule has 0 saturated carbocycles. The average Bonchev–Trinajstić information content (AvgIpc) is 2.84. The van der Waals surface area contributed by atoms with Crippen LogP contribution in [0, 0.1) is 0 Å². The van der Waals surface area contributed by atoms with Crippen LogP contribution in [0.1, 0.15) is 15.2 Å². The Hall–Kier alpha value is -1.37. The number of anilines is 1. The second kappa shape index (κ2) is 6.70. The smallest absolute Gasteiger partial charge is 0.253 e. The highest BCUT2D eigenvalue weighted by atomic mass is 79.9. The highest BCUT2D eigenvalue weighted by molar-refractivity contribution is 9.11. The van der Waals surface area contributed by atoms with E-state index in [9.17, 15) is 4.79 Å². The first-order valence-electron chi connectivity index (χ1n) is 5.79. The van der Waals surface area contributed by atoms with Crippen molar-refractivity contribution in [1.82, 2.24) is 5.32 Å². The Kier molecular flexibility index (Phi) is 4.95. The fourth-order valence-electron chi connectivity index (χ4n) is 1.69. The molecule has 1 amide bonds. The second-order valence-corrected chi connectivity index (χ2v) is 6.45. The fourth-order valence-corrected chi connectivity index (χ4v) is 3.17. The third kappa shape index (κ3) is 3.79. The molecule has 1 aromatic carbocycles. The Balaban J connectivity index is 1.90. The molecule has 0 fully saturated rings. The van der Waals surface area contributed by atoms with Gasteiger partial charge in [-0.3, -0.25) is 10.6 Å². The predicted molar refractivity (Wildman–Crippen MR) is 82.3 cm³/mol. The Morgan fingerprint density at radius 3 is 2.74 bits per heavy atom. The molecule has 2 aromatic rings. The molecular formula is C13H14BrN3OS. The van der Waals surface area contributed by atoms with Crippen LogP contribution in [0.25, 0.3) is 0 Å². The van der Waals surface area contributed by atoms with Crippen molar-refractivity contribution in [1.29, 1.82) is 0 Å². The number of halogens is 1. The van der Waals surface area contributed by atoms with Gasteiger partial charge in [0.1, 0.15) is 0 Å². The number of benzene rings is 1. The molecule has 4 N–H and O–H groups in total. The standard InChI is InChI=1S/C13H14BrN3OS/c14-12-6-5-9(19-12)7-8-16-13(18)10-3-1-2-4-11(10)17-15/h1-6,17H,7-8,15H2,(H,16,18). The van der Waals surface area contributed by atoms with Crippen molar-refractivity contribution in [2.24, 2.45) is 5.84 Å². The molecule has 0 aliphatic rings. The number of nitrogen functional groups attached to an aromatic ring is 1. The number of amides is 1. The van der Waals surface area contributed by atoms with E-state index in [0.29, 0.717) is 17.8 Å². The van der Waals surface area contributed by atoms with Crippen LogP contribution in [-0.4, -0.2) is 12.5 Å². The van der Waals surface area contributed by atoms with Crippen molar-refractivity contribution in [3.8, 4) is 0 Å². The molecule has 0 aliphatic carbocycles. The van der Waals surface area contributed by atoms with Gasteiger partial charge in [-0.1, -0.05) is 12.1 Å². The van der Waals surface area contributed by atoms with Gasteiger partial charge in [0, 0.05) is 11.4 Å². The molecule has 1 heterocycles. The molecule has 0 radical (unpaired) electrons. The van der Waals surface area contributed by atoms with Crippen LogP contribution in [0.15, 0.2) is 40.2 Å². The van der Waals surface area contributed by atoms with Gasteiger partial charge in [0.15, 0.2) is 0 Å². The lowest BCUT2D eigenvalue weighted by atomic mass is 10.1. The number of para-hydroxylation sites is 1. The third-order valence-corrected chi connectivity index (χ3v) is 4.30. The monoisotopic (exact) mass is 339 g/mol. The molecule has 0 atom stereocenters. The number of hydrogen-bond acceptors (Lipinski definition) is 4. The molecule has 0 bridgehead atoms. The lowest BCUT2D eigenvalue weighted by molar-refractivity contribution is 0.0955. The molecule has 0 unspecified atom stereocenters. The van der Waals surface area contributed by atoms with Crippen LogP contribution in [-0.2, 0) is 6.42 Å². The van der Waals surface area contributed by atoms with E-state index in [1.165, 1.54) is 4.88 Å². The minimum atomic E-state index is -0.121. The summed E-state index contributed by atoms with van der Waals surface area (Å²) in [6, 6.07) is 11.2. The Labute approximate surface area is 124 Å². The SMILES string of the molecule is NNc1ccccc1C(=O)NCCc1ccc(Br)s1. The minimum Gasteiger partial charge on any atom is -0.352 e. The molecule has 2 rings (SSSR count). The van der Waals surface area contributed by atoms with E-state index in [-0.39, 0.29) is 5.91 Å². The van der Waals surface area contributed by atoms with Crippen LogP contribution in [0.4, 0.5) is 5.69 Å². The van der Waals surface area contributed by atoms with Gasteiger partial charge < -0.3 is 10.7 Å². The molecule has 4 nitrogen and oxygen atoms in total. The van der Waals surface area contributed by atoms with Crippen LogP contribution >= 0.6 is 27.3 Å². The molecule has 0 aliphatic heterocycles. The summed E-state index contributed by atoms with van der Waals surface area (Å²) in [6.07, 6.45) is 0.820. The number of thiophene rings is 1. The number of hydrogen-bond donors (Lipinski definition) is 3. The van der Waals surface area contributed by atoms with Crippen molar-refractivity contribution < 1.29 is 4.79 Å². The zero-order chi connectivity index (χ0) is 13.7. The highest BCUT2D eigenvalue weighted by Gasteiger charge is 2.09. The summed E-state index contributed by atoms with van der Waals surface area (Å²) in [7, 11) is 0. The molecule has 19 heavy (non-hydrogen) atoms. The zero-order valence-electron chi connectivity index (χ0n) is 10.2. The molecule has 100 valence electrons. The van der Waals surface area contributed by atoms with Crippen molar-refractivity contribution in [3.05, 3.63) is 50.6 Å². The maximum absolute atomic E-state index is 12.0. The van der Waals surface area contributed by atoms with Gasteiger partial charge in [-0.05, 0) is 46.6 Å². The van der Waals surface area contributed by atoms with Crippen LogP contribution in [0.3, 0.4) is 0 Å². The maximum Gasteiger partial charge on any atom is 0.253 e. The first kappa shape index (κ1) is 14.0. The van der Waals surface area contributed by atoms with E-state index < -0.39 is 0 Å². The lowest BCUT2D eigenvalue weighted by Gasteiger charge is -2.08. The predicted octanol–water partition coefficient (Wildman–Crippen LogP) is 2.77. The molecule has 1 aromatic heterocycles. The van der Waals surface area contributed by atoms with Gasteiger partial charge >= 0.3 is 0 Å². The summed E-state index contributed by atoms with van der Waals surface area (Å²) < 4.78 is 1.10. The van der Waals surface area contributed by atoms with E-state index in [2.05, 4.69) is 32.7 Å². The summed E-state index contributed by atoms with van der Waals surface area (Å²) in [5.41, 5.74) is 3.70. The van der Waals surface area contributed by atoms with E-state index in [0.717, 1.165) is 10.2 Å². The van der Waals surface area contributed by atoms with Crippen molar-refractivity contribution in [2.45, 2.75) is 6.42 Å². The highest BCUT2D eigenvalue weighted by Crippen LogP contribution is 2.22. The van der Waals surface area contributed by atoms with Crippen molar-refractivity contribution in [3.63, 3.8) is 0 Å². The first-order chi connectivity index (χ1) is 9.20. The van der Waals surface area contributed by atoms with Crippen LogP contribution in [0.2, 0.25) is 0 Å². The van der Waals surface area contributed by atoms with Gasteiger partial charge in [-0.25, -0.2) is 0 Å². The molecule has 0 saturated heterocycles. The summed E-state index contributed by atoms with van der Waals surface area (Å²) in [5, 5.41) is 2.89. The van der Waals surface area contributed by atoms with E-state index in [4.69, 9.17) is 5.84 Å². The number of nitrogens with one attached hydrogen (secondary N) is 2. The fraction of sp³-hybridized carbons (Fsp3) is 0.154. The summed E-state index contributed by atoms with van der Waals surface area (Å²) in [6.45, 7) is 0.602. The average molecular weight is 340 g/mol. The quantitative estimate of drug-likeness (QED) is 0.579. The largest absolute Gasteiger partial charge is 0.352 e.